The van der Waals surface area contributed by atoms with Crippen molar-refractivity contribution in [2.24, 2.45) is 0 Å². The van der Waals surface area contributed by atoms with Crippen molar-refractivity contribution in [3.05, 3.63) is 77.1 Å². The van der Waals surface area contributed by atoms with Crippen molar-refractivity contribution in [3.63, 3.8) is 0 Å². The second-order valence-corrected chi connectivity index (χ2v) is 8.20. The van der Waals surface area contributed by atoms with Crippen molar-refractivity contribution in [1.82, 2.24) is 19.8 Å². The monoisotopic (exact) mass is 422 g/mol. The summed E-state index contributed by atoms with van der Waals surface area (Å²) in [4.78, 5) is 30.2. The predicted octanol–water partition coefficient (Wildman–Crippen LogP) is 3.60. The third-order valence-electron chi connectivity index (χ3n) is 4.87. The van der Waals surface area contributed by atoms with Crippen LogP contribution >= 0.6 is 11.8 Å². The van der Waals surface area contributed by atoms with E-state index in [9.17, 15) is 9.59 Å². The van der Waals surface area contributed by atoms with Gasteiger partial charge in [0, 0.05) is 38.6 Å². The number of aromatic nitrogens is 2. The highest BCUT2D eigenvalue weighted by molar-refractivity contribution is 7.99. The van der Waals surface area contributed by atoms with Crippen LogP contribution in [-0.4, -0.2) is 46.1 Å². The minimum absolute atomic E-state index is 0.0404. The molecule has 0 fully saturated rings. The molecule has 156 valence electrons. The number of carbonyl (C=O) groups is 2. The zero-order chi connectivity index (χ0) is 21.7. The van der Waals surface area contributed by atoms with Gasteiger partial charge in [0.05, 0.1) is 11.4 Å². The maximum atomic E-state index is 12.3. The summed E-state index contributed by atoms with van der Waals surface area (Å²) in [6, 6.07) is 13.4. The smallest absolute Gasteiger partial charge is 0.253 e. The van der Waals surface area contributed by atoms with E-state index < -0.39 is 0 Å². The lowest BCUT2D eigenvalue weighted by Gasteiger charge is -2.12. The molecule has 6 nitrogen and oxygen atoms in total. The first-order chi connectivity index (χ1) is 14.4. The van der Waals surface area contributed by atoms with Crippen molar-refractivity contribution in [2.75, 3.05) is 19.8 Å². The van der Waals surface area contributed by atoms with Crippen LogP contribution in [0.3, 0.4) is 0 Å². The molecule has 2 aromatic carbocycles. The molecule has 0 aliphatic carbocycles. The van der Waals surface area contributed by atoms with Gasteiger partial charge < -0.3 is 10.2 Å². The molecule has 2 amide bonds. The Hall–Kier alpha value is -3.06. The van der Waals surface area contributed by atoms with E-state index in [-0.39, 0.29) is 17.6 Å². The third-order valence-corrected chi connectivity index (χ3v) is 5.84. The molecule has 0 atom stereocenters. The summed E-state index contributed by atoms with van der Waals surface area (Å²) in [6.07, 6.45) is 3.66. The highest BCUT2D eigenvalue weighted by atomic mass is 32.2. The summed E-state index contributed by atoms with van der Waals surface area (Å²) in [7, 11) is 3.44. The molecule has 0 aliphatic rings. The molecular formula is C23H26N4O2S. The zero-order valence-electron chi connectivity index (χ0n) is 17.7. The van der Waals surface area contributed by atoms with Crippen LogP contribution in [0.25, 0.3) is 5.69 Å². The molecule has 30 heavy (non-hydrogen) atoms. The fourth-order valence-corrected chi connectivity index (χ4v) is 3.78. The first kappa shape index (κ1) is 21.6. The molecule has 7 heteroatoms. The van der Waals surface area contributed by atoms with Crippen LogP contribution in [0, 0.1) is 13.8 Å². The molecule has 3 aromatic rings. The lowest BCUT2D eigenvalue weighted by molar-refractivity contribution is -0.118. The van der Waals surface area contributed by atoms with Gasteiger partial charge in [0.15, 0.2) is 5.16 Å². The molecule has 1 N–H and O–H groups in total. The Morgan fingerprint density at radius 1 is 1.10 bits per heavy atom. The standard InChI is InChI=1S/C23H26N4O2S/c1-16-6-5-7-20(17(16)2)27-13-12-24-23(27)30-15-21(28)25-14-18-8-10-19(11-9-18)22(29)26(3)4/h5-13H,14-15H2,1-4H3,(H,25,28). The van der Waals surface area contributed by atoms with E-state index in [1.807, 2.05) is 29.0 Å². The maximum Gasteiger partial charge on any atom is 0.253 e. The van der Waals surface area contributed by atoms with Crippen molar-refractivity contribution in [3.8, 4) is 5.69 Å². The number of nitrogens with one attached hydrogen (secondary N) is 1. The first-order valence-electron chi connectivity index (χ1n) is 9.67. The molecule has 0 saturated carbocycles. The third kappa shape index (κ3) is 5.10. The van der Waals surface area contributed by atoms with Crippen LogP contribution in [0.5, 0.6) is 0 Å². The Morgan fingerprint density at radius 3 is 2.53 bits per heavy atom. The molecule has 1 aromatic heterocycles. The second kappa shape index (κ2) is 9.63. The van der Waals surface area contributed by atoms with Crippen molar-refractivity contribution >= 4 is 23.6 Å². The molecule has 0 radical (unpaired) electrons. The molecule has 0 spiro atoms. The minimum Gasteiger partial charge on any atom is -0.351 e. The lowest BCUT2D eigenvalue weighted by atomic mass is 10.1. The van der Waals surface area contributed by atoms with Crippen molar-refractivity contribution in [1.29, 1.82) is 0 Å². The average molecular weight is 423 g/mol. The Balaban J connectivity index is 1.55. The number of amides is 2. The number of rotatable bonds is 7. The van der Waals surface area contributed by atoms with E-state index in [4.69, 9.17) is 0 Å². The fourth-order valence-electron chi connectivity index (χ4n) is 2.98. The Kier molecular flexibility index (Phi) is 6.95. The molecular weight excluding hydrogens is 396 g/mol. The van der Waals surface area contributed by atoms with Crippen LogP contribution in [0.4, 0.5) is 0 Å². The van der Waals surface area contributed by atoms with Crippen molar-refractivity contribution in [2.45, 2.75) is 25.5 Å². The van der Waals surface area contributed by atoms with E-state index in [0.29, 0.717) is 12.1 Å². The number of thioether (sulfide) groups is 1. The summed E-state index contributed by atoms with van der Waals surface area (Å²) in [5.41, 5.74) is 5.05. The highest BCUT2D eigenvalue weighted by Crippen LogP contribution is 2.24. The summed E-state index contributed by atoms with van der Waals surface area (Å²) < 4.78 is 2.01. The van der Waals surface area contributed by atoms with E-state index in [1.54, 1.807) is 32.4 Å². The predicted molar refractivity (Wildman–Crippen MR) is 120 cm³/mol. The van der Waals surface area contributed by atoms with Gasteiger partial charge in [-0.05, 0) is 48.7 Å². The van der Waals surface area contributed by atoms with Crippen LogP contribution in [0.15, 0.2) is 60.0 Å². The SMILES string of the molecule is Cc1cccc(-n2ccnc2SCC(=O)NCc2ccc(C(=O)N(C)C)cc2)c1C. The van der Waals surface area contributed by atoms with Gasteiger partial charge in [-0.25, -0.2) is 4.98 Å². The number of nitrogens with zero attached hydrogens (tertiary/aromatic N) is 3. The summed E-state index contributed by atoms with van der Waals surface area (Å²) in [5.74, 6) is 0.171. The van der Waals surface area contributed by atoms with E-state index in [1.165, 1.54) is 27.8 Å². The highest BCUT2D eigenvalue weighted by Gasteiger charge is 2.12. The summed E-state index contributed by atoms with van der Waals surface area (Å²) in [5, 5.41) is 3.70. The average Bonchev–Trinajstić information content (AvgIpc) is 3.21. The Bertz CT molecular complexity index is 1040. The topological polar surface area (TPSA) is 67.2 Å². The minimum atomic E-state index is -0.0658. The van der Waals surface area contributed by atoms with Crippen LogP contribution in [0.1, 0.15) is 27.0 Å². The molecule has 0 aliphatic heterocycles. The molecule has 1 heterocycles. The number of hydrogen-bond donors (Lipinski definition) is 1. The van der Waals surface area contributed by atoms with Gasteiger partial charge in [-0.1, -0.05) is 36.0 Å². The van der Waals surface area contributed by atoms with Crippen LogP contribution in [-0.2, 0) is 11.3 Å². The van der Waals surface area contributed by atoms with E-state index in [0.717, 1.165) is 16.4 Å². The number of imidazole rings is 1. The number of carbonyl (C=O) groups excluding carboxylic acids is 2. The Labute approximate surface area is 181 Å². The molecule has 0 saturated heterocycles. The van der Waals surface area contributed by atoms with Gasteiger partial charge in [0.1, 0.15) is 0 Å². The van der Waals surface area contributed by atoms with Gasteiger partial charge in [-0.3, -0.25) is 14.2 Å². The quantitative estimate of drug-likeness (QED) is 0.591. The first-order valence-corrected chi connectivity index (χ1v) is 10.7. The van der Waals surface area contributed by atoms with Gasteiger partial charge in [-0.15, -0.1) is 0 Å². The molecule has 3 rings (SSSR count). The van der Waals surface area contributed by atoms with Crippen LogP contribution in [0.2, 0.25) is 0 Å². The zero-order valence-corrected chi connectivity index (χ0v) is 18.5. The van der Waals surface area contributed by atoms with Gasteiger partial charge >= 0.3 is 0 Å². The van der Waals surface area contributed by atoms with Crippen molar-refractivity contribution < 1.29 is 9.59 Å². The largest absolute Gasteiger partial charge is 0.351 e. The molecule has 0 bridgehead atoms. The van der Waals surface area contributed by atoms with Gasteiger partial charge in [0.2, 0.25) is 5.91 Å². The Morgan fingerprint density at radius 2 is 1.83 bits per heavy atom. The van der Waals surface area contributed by atoms with Crippen LogP contribution < -0.4 is 5.32 Å². The van der Waals surface area contributed by atoms with Gasteiger partial charge in [0.25, 0.3) is 5.91 Å². The number of aryl methyl sites for hydroxylation is 1. The second-order valence-electron chi connectivity index (χ2n) is 7.26. The summed E-state index contributed by atoms with van der Waals surface area (Å²) in [6.45, 7) is 4.59. The van der Waals surface area contributed by atoms with E-state index >= 15 is 0 Å². The summed E-state index contributed by atoms with van der Waals surface area (Å²) >= 11 is 1.41. The van der Waals surface area contributed by atoms with Gasteiger partial charge in [-0.2, -0.15) is 0 Å². The lowest BCUT2D eigenvalue weighted by Crippen LogP contribution is -2.25. The normalized spacial score (nSPS) is 10.7. The number of benzene rings is 2. The fraction of sp³-hybridized carbons (Fsp3) is 0.261. The van der Waals surface area contributed by atoms with E-state index in [2.05, 4.69) is 36.3 Å². The number of hydrogen-bond acceptors (Lipinski definition) is 4. The molecule has 0 unspecified atom stereocenters. The maximum absolute atomic E-state index is 12.3.